The van der Waals surface area contributed by atoms with Gasteiger partial charge in [-0.15, -0.1) is 0 Å². The third-order valence-corrected chi connectivity index (χ3v) is 2.90. The Balaban J connectivity index is 2.61. The maximum absolute atomic E-state index is 12.0. The largest absolute Gasteiger partial charge is 0.460 e. The molecule has 16 heavy (non-hydrogen) atoms. The summed E-state index contributed by atoms with van der Waals surface area (Å²) in [6, 6.07) is 0. The first-order chi connectivity index (χ1) is 7.37. The van der Waals surface area contributed by atoms with Crippen LogP contribution < -0.4 is 0 Å². The summed E-state index contributed by atoms with van der Waals surface area (Å²) in [4.78, 5) is 12.0. The summed E-state index contributed by atoms with van der Waals surface area (Å²) in [6.07, 6.45) is 2.92. The molecule has 1 aliphatic heterocycles. The van der Waals surface area contributed by atoms with E-state index in [0.29, 0.717) is 0 Å². The van der Waals surface area contributed by atoms with Crippen molar-refractivity contribution in [2.45, 2.75) is 71.7 Å². The lowest BCUT2D eigenvalue weighted by Crippen LogP contribution is -2.32. The lowest BCUT2D eigenvalue weighted by atomic mass is 9.97. The third-order valence-electron chi connectivity index (χ3n) is 2.90. The monoisotopic (exact) mass is 228 g/mol. The third kappa shape index (κ3) is 3.48. The van der Waals surface area contributed by atoms with E-state index in [0.717, 1.165) is 19.3 Å². The predicted octanol–water partition coefficient (Wildman–Crippen LogP) is 2.92. The van der Waals surface area contributed by atoms with Crippen molar-refractivity contribution in [1.82, 2.24) is 0 Å². The van der Waals surface area contributed by atoms with E-state index in [1.807, 2.05) is 20.8 Å². The molecule has 1 saturated heterocycles. The smallest absolute Gasteiger partial charge is 0.312 e. The Morgan fingerprint density at radius 3 is 2.38 bits per heavy atom. The van der Waals surface area contributed by atoms with Gasteiger partial charge in [-0.1, -0.05) is 13.8 Å². The average molecular weight is 228 g/mol. The Bertz CT molecular complexity index is 242. The van der Waals surface area contributed by atoms with E-state index < -0.39 is 5.60 Å². The van der Waals surface area contributed by atoms with Gasteiger partial charge in [0.05, 0.1) is 18.1 Å². The normalized spacial score (nSPS) is 30.4. The molecule has 1 fully saturated rings. The molecule has 3 atom stereocenters. The summed E-state index contributed by atoms with van der Waals surface area (Å²) < 4.78 is 11.2. The maximum atomic E-state index is 12.0. The minimum absolute atomic E-state index is 0.0415. The zero-order valence-electron chi connectivity index (χ0n) is 11.1. The van der Waals surface area contributed by atoms with Crippen LogP contribution in [0.4, 0.5) is 0 Å². The average Bonchev–Trinajstić information content (AvgIpc) is 2.58. The van der Waals surface area contributed by atoms with Crippen molar-refractivity contribution in [2.24, 2.45) is 5.92 Å². The highest BCUT2D eigenvalue weighted by molar-refractivity contribution is 5.74. The van der Waals surface area contributed by atoms with E-state index >= 15 is 0 Å². The van der Waals surface area contributed by atoms with Gasteiger partial charge in [0.1, 0.15) is 5.60 Å². The summed E-state index contributed by atoms with van der Waals surface area (Å²) >= 11 is 0. The van der Waals surface area contributed by atoms with E-state index in [9.17, 15) is 4.79 Å². The molecule has 0 aromatic rings. The van der Waals surface area contributed by atoms with Crippen LogP contribution in [0.25, 0.3) is 0 Å². The van der Waals surface area contributed by atoms with E-state index in [2.05, 4.69) is 13.8 Å². The molecule has 3 unspecified atom stereocenters. The molecule has 0 saturated carbocycles. The molecule has 0 N–H and O–H groups in total. The van der Waals surface area contributed by atoms with Gasteiger partial charge in [-0.05, 0) is 40.0 Å². The second-order valence-corrected chi connectivity index (χ2v) is 5.49. The number of carbonyl (C=O) groups is 1. The van der Waals surface area contributed by atoms with Crippen LogP contribution in [0, 0.1) is 5.92 Å². The van der Waals surface area contributed by atoms with Crippen molar-refractivity contribution in [2.75, 3.05) is 0 Å². The summed E-state index contributed by atoms with van der Waals surface area (Å²) in [5.41, 5.74) is -0.403. The SMILES string of the molecule is CCC1CC(C(=O)OC(C)(C)C)C(CC)O1. The molecule has 1 heterocycles. The molecular formula is C13H24O3. The van der Waals surface area contributed by atoms with E-state index in [-0.39, 0.29) is 24.1 Å². The van der Waals surface area contributed by atoms with Crippen molar-refractivity contribution in [3.05, 3.63) is 0 Å². The fraction of sp³-hybridized carbons (Fsp3) is 0.923. The first kappa shape index (κ1) is 13.5. The van der Waals surface area contributed by atoms with Crippen LogP contribution in [-0.4, -0.2) is 23.8 Å². The van der Waals surface area contributed by atoms with Crippen LogP contribution >= 0.6 is 0 Å². The molecule has 3 nitrogen and oxygen atoms in total. The van der Waals surface area contributed by atoms with Crippen molar-refractivity contribution in [1.29, 1.82) is 0 Å². The van der Waals surface area contributed by atoms with Gasteiger partial charge in [0, 0.05) is 0 Å². The van der Waals surface area contributed by atoms with Crippen molar-refractivity contribution < 1.29 is 14.3 Å². The molecule has 0 bridgehead atoms. The van der Waals surface area contributed by atoms with Gasteiger partial charge in [0.15, 0.2) is 0 Å². The Hall–Kier alpha value is -0.570. The van der Waals surface area contributed by atoms with E-state index in [1.54, 1.807) is 0 Å². The number of ether oxygens (including phenoxy) is 2. The van der Waals surface area contributed by atoms with Crippen LogP contribution in [0.2, 0.25) is 0 Å². The minimum Gasteiger partial charge on any atom is -0.460 e. The predicted molar refractivity (Wildman–Crippen MR) is 63.2 cm³/mol. The van der Waals surface area contributed by atoms with Crippen LogP contribution in [-0.2, 0) is 14.3 Å². The molecule has 0 aromatic heterocycles. The number of esters is 1. The Morgan fingerprint density at radius 2 is 1.94 bits per heavy atom. The number of hydrogen-bond donors (Lipinski definition) is 0. The highest BCUT2D eigenvalue weighted by Gasteiger charge is 2.40. The van der Waals surface area contributed by atoms with Crippen LogP contribution in [0.15, 0.2) is 0 Å². The van der Waals surface area contributed by atoms with E-state index in [1.165, 1.54) is 0 Å². The molecule has 0 aromatic carbocycles. The minimum atomic E-state index is -0.403. The highest BCUT2D eigenvalue weighted by Crippen LogP contribution is 2.32. The van der Waals surface area contributed by atoms with Crippen LogP contribution in [0.1, 0.15) is 53.9 Å². The lowest BCUT2D eigenvalue weighted by Gasteiger charge is -2.23. The molecular weight excluding hydrogens is 204 g/mol. The molecule has 1 rings (SSSR count). The first-order valence-corrected chi connectivity index (χ1v) is 6.25. The second-order valence-electron chi connectivity index (χ2n) is 5.49. The summed E-state index contributed by atoms with van der Waals surface area (Å²) in [5.74, 6) is -0.176. The zero-order chi connectivity index (χ0) is 12.3. The van der Waals surface area contributed by atoms with Gasteiger partial charge in [-0.3, -0.25) is 4.79 Å². The maximum Gasteiger partial charge on any atom is 0.312 e. The topological polar surface area (TPSA) is 35.5 Å². The fourth-order valence-electron chi connectivity index (χ4n) is 2.10. The van der Waals surface area contributed by atoms with Gasteiger partial charge < -0.3 is 9.47 Å². The van der Waals surface area contributed by atoms with Crippen molar-refractivity contribution in [3.8, 4) is 0 Å². The molecule has 0 radical (unpaired) electrons. The summed E-state index contributed by atoms with van der Waals surface area (Å²) in [7, 11) is 0. The molecule has 0 amide bonds. The first-order valence-electron chi connectivity index (χ1n) is 6.25. The van der Waals surface area contributed by atoms with Gasteiger partial charge >= 0.3 is 5.97 Å². The molecule has 0 spiro atoms. The van der Waals surface area contributed by atoms with Gasteiger partial charge in [0.25, 0.3) is 0 Å². The standard InChI is InChI=1S/C13H24O3/c1-6-9-8-10(11(7-2)15-9)12(14)16-13(3,4)5/h9-11H,6-8H2,1-5H3. The second kappa shape index (κ2) is 5.17. The zero-order valence-corrected chi connectivity index (χ0v) is 11.1. The fourth-order valence-corrected chi connectivity index (χ4v) is 2.10. The van der Waals surface area contributed by atoms with Crippen LogP contribution in [0.5, 0.6) is 0 Å². The van der Waals surface area contributed by atoms with Gasteiger partial charge in [0.2, 0.25) is 0 Å². The molecule has 94 valence electrons. The molecule has 0 aliphatic carbocycles. The summed E-state index contributed by atoms with van der Waals surface area (Å²) in [6.45, 7) is 9.85. The summed E-state index contributed by atoms with van der Waals surface area (Å²) in [5, 5.41) is 0. The quantitative estimate of drug-likeness (QED) is 0.697. The number of carbonyl (C=O) groups excluding carboxylic acids is 1. The van der Waals surface area contributed by atoms with Crippen molar-refractivity contribution in [3.63, 3.8) is 0 Å². The Labute approximate surface area is 98.5 Å². The Kier molecular flexibility index (Phi) is 4.36. The highest BCUT2D eigenvalue weighted by atomic mass is 16.6. The molecule has 3 heteroatoms. The molecule has 1 aliphatic rings. The Morgan fingerprint density at radius 1 is 1.31 bits per heavy atom. The van der Waals surface area contributed by atoms with Crippen molar-refractivity contribution >= 4 is 5.97 Å². The van der Waals surface area contributed by atoms with Gasteiger partial charge in [-0.25, -0.2) is 0 Å². The number of rotatable bonds is 3. The number of hydrogen-bond acceptors (Lipinski definition) is 3. The van der Waals surface area contributed by atoms with Crippen LogP contribution in [0.3, 0.4) is 0 Å². The van der Waals surface area contributed by atoms with Gasteiger partial charge in [-0.2, -0.15) is 0 Å². The lowest BCUT2D eigenvalue weighted by molar-refractivity contribution is -0.161. The van der Waals surface area contributed by atoms with E-state index in [4.69, 9.17) is 9.47 Å².